The van der Waals surface area contributed by atoms with Gasteiger partial charge in [0.1, 0.15) is 0 Å². The molecule has 0 aromatic carbocycles. The smallest absolute Gasteiger partial charge is 0.191 e. The molecule has 0 aromatic heterocycles. The molecule has 0 bridgehead atoms. The molecule has 118 valence electrons. The van der Waals surface area contributed by atoms with Crippen LogP contribution >= 0.6 is 11.8 Å². The SMILES string of the molecule is C#CCSCCNC(=NC)NC1C2CCCOC2C1(C)C. The Morgan fingerprint density at radius 3 is 3.05 bits per heavy atom. The average molecular weight is 309 g/mol. The van der Waals surface area contributed by atoms with Crippen molar-refractivity contribution in [1.82, 2.24) is 10.6 Å². The van der Waals surface area contributed by atoms with Crippen molar-refractivity contribution in [2.75, 3.05) is 31.7 Å². The first kappa shape index (κ1) is 16.5. The van der Waals surface area contributed by atoms with Gasteiger partial charge in [-0.05, 0) is 12.8 Å². The Morgan fingerprint density at radius 2 is 2.33 bits per heavy atom. The molecular formula is C16H27N3OS. The van der Waals surface area contributed by atoms with Crippen LogP contribution in [0.5, 0.6) is 0 Å². The second-order valence-electron chi connectivity index (χ2n) is 6.30. The summed E-state index contributed by atoms with van der Waals surface area (Å²) < 4.78 is 5.94. The summed E-state index contributed by atoms with van der Waals surface area (Å²) in [5.74, 6) is 5.90. The van der Waals surface area contributed by atoms with E-state index in [0.717, 1.165) is 30.6 Å². The summed E-state index contributed by atoms with van der Waals surface area (Å²) in [6, 6.07) is 0.437. The van der Waals surface area contributed by atoms with Crippen LogP contribution in [0.4, 0.5) is 0 Å². The molecule has 2 N–H and O–H groups in total. The van der Waals surface area contributed by atoms with Gasteiger partial charge in [0, 0.05) is 43.3 Å². The Hall–Kier alpha value is -0.860. The summed E-state index contributed by atoms with van der Waals surface area (Å²) in [6.07, 6.45) is 8.06. The summed E-state index contributed by atoms with van der Waals surface area (Å²) in [5, 5.41) is 6.96. The van der Waals surface area contributed by atoms with Crippen LogP contribution in [-0.4, -0.2) is 49.8 Å². The van der Waals surface area contributed by atoms with Gasteiger partial charge in [-0.3, -0.25) is 4.99 Å². The van der Waals surface area contributed by atoms with Gasteiger partial charge in [-0.25, -0.2) is 0 Å². The fourth-order valence-electron chi connectivity index (χ4n) is 3.53. The maximum atomic E-state index is 5.94. The number of fused-ring (bicyclic) bond motifs is 1. The molecule has 0 radical (unpaired) electrons. The predicted octanol–water partition coefficient (Wildman–Crippen LogP) is 1.72. The van der Waals surface area contributed by atoms with Gasteiger partial charge in [0.15, 0.2) is 5.96 Å². The number of rotatable bonds is 5. The number of ether oxygens (including phenoxy) is 1. The monoisotopic (exact) mass is 309 g/mol. The number of guanidine groups is 1. The minimum absolute atomic E-state index is 0.168. The molecular weight excluding hydrogens is 282 g/mol. The number of nitrogens with zero attached hydrogens (tertiary/aromatic N) is 1. The van der Waals surface area contributed by atoms with Crippen LogP contribution in [0, 0.1) is 23.7 Å². The van der Waals surface area contributed by atoms with E-state index in [1.165, 1.54) is 12.8 Å². The lowest BCUT2D eigenvalue weighted by Gasteiger charge is -2.60. The van der Waals surface area contributed by atoms with E-state index < -0.39 is 0 Å². The van der Waals surface area contributed by atoms with Gasteiger partial charge >= 0.3 is 0 Å². The summed E-state index contributed by atoms with van der Waals surface area (Å²) in [4.78, 5) is 4.33. The second kappa shape index (κ2) is 7.42. The zero-order valence-electron chi connectivity index (χ0n) is 13.3. The van der Waals surface area contributed by atoms with Crippen molar-refractivity contribution in [2.45, 2.75) is 38.8 Å². The highest BCUT2D eigenvalue weighted by atomic mass is 32.2. The first-order valence-electron chi connectivity index (χ1n) is 7.71. The highest BCUT2D eigenvalue weighted by Crippen LogP contribution is 2.51. The molecule has 2 rings (SSSR count). The number of hydrogen-bond donors (Lipinski definition) is 2. The molecule has 0 amide bonds. The van der Waals surface area contributed by atoms with Gasteiger partial charge in [-0.15, -0.1) is 18.2 Å². The molecule has 5 heteroatoms. The predicted molar refractivity (Wildman–Crippen MR) is 90.7 cm³/mol. The zero-order valence-corrected chi connectivity index (χ0v) is 14.1. The highest BCUT2D eigenvalue weighted by Gasteiger charge is 2.58. The van der Waals surface area contributed by atoms with Crippen molar-refractivity contribution < 1.29 is 4.74 Å². The van der Waals surface area contributed by atoms with Gasteiger partial charge < -0.3 is 15.4 Å². The van der Waals surface area contributed by atoms with Crippen LogP contribution < -0.4 is 10.6 Å². The molecule has 1 aliphatic carbocycles. The number of aliphatic imine (C=N–C) groups is 1. The topological polar surface area (TPSA) is 45.7 Å². The van der Waals surface area contributed by atoms with Gasteiger partial charge in [0.2, 0.25) is 0 Å². The third kappa shape index (κ3) is 3.67. The first-order valence-corrected chi connectivity index (χ1v) is 8.86. The van der Waals surface area contributed by atoms with Crippen molar-refractivity contribution in [2.24, 2.45) is 16.3 Å². The minimum Gasteiger partial charge on any atom is -0.377 e. The molecule has 21 heavy (non-hydrogen) atoms. The maximum absolute atomic E-state index is 5.94. The quantitative estimate of drug-likeness (QED) is 0.351. The van der Waals surface area contributed by atoms with Gasteiger partial charge in [-0.1, -0.05) is 19.8 Å². The molecule has 1 saturated heterocycles. The van der Waals surface area contributed by atoms with Gasteiger partial charge in [0.25, 0.3) is 0 Å². The van der Waals surface area contributed by atoms with E-state index in [2.05, 4.69) is 35.4 Å². The van der Waals surface area contributed by atoms with Gasteiger partial charge in [0.05, 0.1) is 11.9 Å². The molecule has 4 nitrogen and oxygen atoms in total. The molecule has 1 saturated carbocycles. The van der Waals surface area contributed by atoms with Crippen molar-refractivity contribution in [3.8, 4) is 12.3 Å². The van der Waals surface area contributed by atoms with E-state index in [1.54, 1.807) is 11.8 Å². The fraction of sp³-hybridized carbons (Fsp3) is 0.812. The van der Waals surface area contributed by atoms with Crippen LogP contribution in [0.3, 0.4) is 0 Å². The Balaban J connectivity index is 1.80. The third-order valence-electron chi connectivity index (χ3n) is 4.57. The molecule has 3 atom stereocenters. The first-order chi connectivity index (χ1) is 10.1. The Morgan fingerprint density at radius 1 is 1.52 bits per heavy atom. The zero-order chi connectivity index (χ0) is 15.3. The molecule has 1 heterocycles. The molecule has 2 fully saturated rings. The lowest BCUT2D eigenvalue weighted by Crippen LogP contribution is -2.71. The summed E-state index contributed by atoms with van der Waals surface area (Å²) in [5.41, 5.74) is 0.168. The normalized spacial score (nSPS) is 30.8. The number of terminal acetylenes is 1. The van der Waals surface area contributed by atoms with E-state index in [-0.39, 0.29) is 5.41 Å². The molecule has 0 spiro atoms. The van der Waals surface area contributed by atoms with Gasteiger partial charge in [-0.2, -0.15) is 0 Å². The van der Waals surface area contributed by atoms with Crippen molar-refractivity contribution in [3.63, 3.8) is 0 Å². The van der Waals surface area contributed by atoms with Crippen LogP contribution in [0.1, 0.15) is 26.7 Å². The molecule has 3 unspecified atom stereocenters. The lowest BCUT2D eigenvalue weighted by atomic mass is 9.55. The number of hydrogen-bond acceptors (Lipinski definition) is 3. The van der Waals surface area contributed by atoms with E-state index in [0.29, 0.717) is 18.1 Å². The maximum Gasteiger partial charge on any atom is 0.191 e. The van der Waals surface area contributed by atoms with E-state index in [4.69, 9.17) is 11.2 Å². The highest BCUT2D eigenvalue weighted by molar-refractivity contribution is 7.99. The Bertz CT molecular complexity index is 416. The number of thioether (sulfide) groups is 1. The van der Waals surface area contributed by atoms with E-state index in [1.807, 2.05) is 7.05 Å². The van der Waals surface area contributed by atoms with Crippen molar-refractivity contribution in [1.29, 1.82) is 0 Å². The van der Waals surface area contributed by atoms with E-state index >= 15 is 0 Å². The van der Waals surface area contributed by atoms with Crippen LogP contribution in [0.25, 0.3) is 0 Å². The summed E-state index contributed by atoms with van der Waals surface area (Å²) in [6.45, 7) is 6.36. The largest absolute Gasteiger partial charge is 0.377 e. The average Bonchev–Trinajstić information content (AvgIpc) is 2.50. The van der Waals surface area contributed by atoms with Crippen LogP contribution in [0.15, 0.2) is 4.99 Å². The summed E-state index contributed by atoms with van der Waals surface area (Å²) >= 11 is 1.76. The standard InChI is InChI=1S/C16H27N3OS/c1-5-10-21-11-8-18-15(17-4)19-13-12-7-6-9-20-14(12)16(13,2)3/h1,12-14H,6-11H2,2-4H3,(H2,17,18,19). The second-order valence-corrected chi connectivity index (χ2v) is 7.40. The molecule has 1 aliphatic heterocycles. The lowest BCUT2D eigenvalue weighted by molar-refractivity contribution is -0.188. The van der Waals surface area contributed by atoms with Crippen molar-refractivity contribution in [3.05, 3.63) is 0 Å². The number of nitrogens with one attached hydrogen (secondary N) is 2. The fourth-order valence-corrected chi connectivity index (χ4v) is 4.04. The van der Waals surface area contributed by atoms with E-state index in [9.17, 15) is 0 Å². The molecule has 0 aromatic rings. The molecule has 2 aliphatic rings. The minimum atomic E-state index is 0.168. The third-order valence-corrected chi connectivity index (χ3v) is 5.43. The van der Waals surface area contributed by atoms with Crippen LogP contribution in [-0.2, 0) is 4.74 Å². The van der Waals surface area contributed by atoms with Crippen LogP contribution in [0.2, 0.25) is 0 Å². The Labute approximate surface area is 132 Å². The summed E-state index contributed by atoms with van der Waals surface area (Å²) in [7, 11) is 1.82. The Kier molecular flexibility index (Phi) is 5.83. The van der Waals surface area contributed by atoms with Crippen molar-refractivity contribution >= 4 is 17.7 Å².